The van der Waals surface area contributed by atoms with E-state index in [4.69, 9.17) is 9.47 Å². The summed E-state index contributed by atoms with van der Waals surface area (Å²) in [5, 5.41) is 3.80. The van der Waals surface area contributed by atoms with Crippen molar-refractivity contribution in [3.63, 3.8) is 0 Å². The van der Waals surface area contributed by atoms with Crippen molar-refractivity contribution in [1.29, 1.82) is 0 Å². The molecule has 2 saturated heterocycles. The van der Waals surface area contributed by atoms with Gasteiger partial charge in [0.25, 0.3) is 0 Å². The Bertz CT molecular complexity index is 1050. The highest BCUT2D eigenvalue weighted by Crippen LogP contribution is 2.47. The van der Waals surface area contributed by atoms with Crippen LogP contribution in [0.2, 0.25) is 0 Å². The summed E-state index contributed by atoms with van der Waals surface area (Å²) in [7, 11) is 0. The van der Waals surface area contributed by atoms with Gasteiger partial charge in [0.1, 0.15) is 5.78 Å². The average Bonchev–Trinajstić information content (AvgIpc) is 3.36. The van der Waals surface area contributed by atoms with Crippen LogP contribution in [0.1, 0.15) is 76.5 Å². The van der Waals surface area contributed by atoms with E-state index in [-0.39, 0.29) is 24.3 Å². The molecule has 6 nitrogen and oxygen atoms in total. The van der Waals surface area contributed by atoms with Crippen molar-refractivity contribution in [2.45, 2.75) is 91.0 Å². The fourth-order valence-electron chi connectivity index (χ4n) is 6.61. The standard InChI is InChI=1S/C25H35F3N2O2.C6H10O2/c1-16(2)24(9-6-21(13-24)29-22-8-11-32-15-17(22)3)23(31)30-10-7-18-4-5-20(25(26,27)28)12-19(18)14-30;1-5-4-8-3-2-6(5)7/h4-5,12,16-17,21-22,29H,6-11,13-15H2,1-3H3;5H,2-4H2,1H3/t17?,21-,22?,24+;/m1./s1. The van der Waals surface area contributed by atoms with Gasteiger partial charge < -0.3 is 19.7 Å². The summed E-state index contributed by atoms with van der Waals surface area (Å²) in [5.74, 6) is 1.23. The zero-order chi connectivity index (χ0) is 29.1. The number of ketones is 1. The van der Waals surface area contributed by atoms with E-state index in [1.165, 1.54) is 6.07 Å². The molecule has 1 amide bonds. The van der Waals surface area contributed by atoms with Gasteiger partial charge in [-0.05, 0) is 67.2 Å². The topological polar surface area (TPSA) is 67.9 Å². The predicted octanol–water partition coefficient (Wildman–Crippen LogP) is 5.41. The van der Waals surface area contributed by atoms with E-state index in [1.807, 2.05) is 11.8 Å². The number of hydrogen-bond donors (Lipinski definition) is 1. The molecule has 0 spiro atoms. The van der Waals surface area contributed by atoms with E-state index in [0.717, 1.165) is 50.5 Å². The second-order valence-corrected chi connectivity index (χ2v) is 12.5. The minimum Gasteiger partial charge on any atom is -0.381 e. The number of nitrogens with zero attached hydrogens (tertiary/aromatic N) is 1. The highest BCUT2D eigenvalue weighted by molar-refractivity contribution is 5.84. The van der Waals surface area contributed by atoms with Gasteiger partial charge in [0.15, 0.2) is 0 Å². The number of carbonyl (C=O) groups excluding carboxylic acids is 2. The Hall–Kier alpha value is -1.97. The number of Topliss-reactive ketones (excluding diaryl/α,β-unsaturated/α-hetero) is 1. The minimum atomic E-state index is -4.37. The lowest BCUT2D eigenvalue weighted by molar-refractivity contribution is -0.146. The molecule has 1 aromatic carbocycles. The van der Waals surface area contributed by atoms with Crippen molar-refractivity contribution < 1.29 is 32.2 Å². The summed E-state index contributed by atoms with van der Waals surface area (Å²) >= 11 is 0. The lowest BCUT2D eigenvalue weighted by atomic mass is 9.73. The SMILES string of the molecule is CC1COCCC1=O.CC1COCCC1N[C@@H]1CC[C@@](C(=O)N2CCc3ccc(C(F)(F)F)cc3C2)(C(C)C)C1. The molecule has 9 heteroatoms. The molecule has 1 aliphatic carbocycles. The van der Waals surface area contributed by atoms with Gasteiger partial charge in [-0.15, -0.1) is 0 Å². The van der Waals surface area contributed by atoms with Gasteiger partial charge in [0.2, 0.25) is 5.91 Å². The van der Waals surface area contributed by atoms with E-state index >= 15 is 0 Å². The third-order valence-corrected chi connectivity index (χ3v) is 9.41. The molecular weight excluding hydrogens is 521 g/mol. The molecule has 40 heavy (non-hydrogen) atoms. The quantitative estimate of drug-likeness (QED) is 0.528. The van der Waals surface area contributed by atoms with Crippen LogP contribution in [0, 0.1) is 23.2 Å². The first-order valence-electron chi connectivity index (χ1n) is 14.8. The molecule has 3 unspecified atom stereocenters. The Labute approximate surface area is 236 Å². The van der Waals surface area contributed by atoms with Gasteiger partial charge in [-0.3, -0.25) is 9.59 Å². The molecule has 3 fully saturated rings. The van der Waals surface area contributed by atoms with Crippen LogP contribution >= 0.6 is 0 Å². The highest BCUT2D eigenvalue weighted by atomic mass is 19.4. The van der Waals surface area contributed by atoms with Gasteiger partial charge in [-0.2, -0.15) is 13.2 Å². The van der Waals surface area contributed by atoms with Gasteiger partial charge in [-0.25, -0.2) is 0 Å². The van der Waals surface area contributed by atoms with Gasteiger partial charge >= 0.3 is 6.18 Å². The number of amides is 1. The van der Waals surface area contributed by atoms with Crippen molar-refractivity contribution in [3.05, 3.63) is 34.9 Å². The van der Waals surface area contributed by atoms with E-state index in [1.54, 1.807) is 6.07 Å². The molecular formula is C31H45F3N2O4. The Morgan fingerprint density at radius 3 is 2.45 bits per heavy atom. The van der Waals surface area contributed by atoms with Crippen LogP contribution in [0.4, 0.5) is 13.2 Å². The molecule has 0 aromatic heterocycles. The smallest absolute Gasteiger partial charge is 0.381 e. The summed E-state index contributed by atoms with van der Waals surface area (Å²) in [6.45, 7) is 12.0. The Balaban J connectivity index is 0.000000398. The molecule has 5 rings (SSSR count). The number of carbonyl (C=O) groups is 2. The van der Waals surface area contributed by atoms with Crippen LogP contribution in [0.25, 0.3) is 0 Å². The first kappa shape index (κ1) is 31.0. The summed E-state index contributed by atoms with van der Waals surface area (Å²) in [6, 6.07) is 4.65. The number of fused-ring (bicyclic) bond motifs is 1. The van der Waals surface area contributed by atoms with Crippen molar-refractivity contribution >= 4 is 11.7 Å². The van der Waals surface area contributed by atoms with Crippen LogP contribution in [0.3, 0.4) is 0 Å². The zero-order valence-corrected chi connectivity index (χ0v) is 24.3. The Morgan fingerprint density at radius 2 is 1.82 bits per heavy atom. The second kappa shape index (κ2) is 12.9. The fraction of sp³-hybridized carbons (Fsp3) is 0.742. The average molecular weight is 567 g/mol. The van der Waals surface area contributed by atoms with Crippen molar-refractivity contribution in [3.8, 4) is 0 Å². The van der Waals surface area contributed by atoms with Crippen molar-refractivity contribution in [2.75, 3.05) is 33.0 Å². The molecule has 1 saturated carbocycles. The first-order chi connectivity index (χ1) is 18.9. The van der Waals surface area contributed by atoms with Gasteiger partial charge in [-0.1, -0.05) is 33.8 Å². The van der Waals surface area contributed by atoms with E-state index in [0.29, 0.717) is 61.9 Å². The molecule has 0 radical (unpaired) electrons. The molecule has 3 aliphatic heterocycles. The molecule has 5 atom stereocenters. The number of rotatable bonds is 4. The van der Waals surface area contributed by atoms with E-state index < -0.39 is 17.2 Å². The van der Waals surface area contributed by atoms with Gasteiger partial charge in [0, 0.05) is 44.1 Å². The highest BCUT2D eigenvalue weighted by Gasteiger charge is 2.50. The van der Waals surface area contributed by atoms with E-state index in [9.17, 15) is 22.8 Å². The maximum atomic E-state index is 13.8. The van der Waals surface area contributed by atoms with Crippen LogP contribution in [-0.4, -0.2) is 61.6 Å². The van der Waals surface area contributed by atoms with Crippen LogP contribution in [-0.2, 0) is 38.2 Å². The fourth-order valence-corrected chi connectivity index (χ4v) is 6.61. The first-order valence-corrected chi connectivity index (χ1v) is 14.8. The van der Waals surface area contributed by atoms with Crippen LogP contribution in [0.5, 0.6) is 0 Å². The van der Waals surface area contributed by atoms with E-state index in [2.05, 4.69) is 26.1 Å². The normalized spacial score (nSPS) is 31.0. The number of ether oxygens (including phenoxy) is 2. The molecule has 0 bridgehead atoms. The maximum absolute atomic E-state index is 13.8. The maximum Gasteiger partial charge on any atom is 0.416 e. The lowest BCUT2D eigenvalue weighted by Crippen LogP contribution is -2.49. The molecule has 224 valence electrons. The third kappa shape index (κ3) is 7.08. The van der Waals surface area contributed by atoms with Crippen LogP contribution < -0.4 is 5.32 Å². The summed E-state index contributed by atoms with van der Waals surface area (Å²) in [5.41, 5.74) is 0.451. The van der Waals surface area contributed by atoms with Crippen LogP contribution in [0.15, 0.2) is 18.2 Å². The molecule has 1 N–H and O–H groups in total. The third-order valence-electron chi connectivity index (χ3n) is 9.41. The number of benzene rings is 1. The van der Waals surface area contributed by atoms with Gasteiger partial charge in [0.05, 0.1) is 30.8 Å². The van der Waals surface area contributed by atoms with Crippen molar-refractivity contribution in [2.24, 2.45) is 23.2 Å². The number of halogens is 3. The summed E-state index contributed by atoms with van der Waals surface area (Å²) in [4.78, 5) is 26.3. The largest absolute Gasteiger partial charge is 0.416 e. The number of alkyl halides is 3. The number of hydrogen-bond acceptors (Lipinski definition) is 5. The predicted molar refractivity (Wildman–Crippen MR) is 147 cm³/mol. The molecule has 3 heterocycles. The molecule has 4 aliphatic rings. The lowest BCUT2D eigenvalue weighted by Gasteiger charge is -2.40. The Morgan fingerprint density at radius 1 is 1.07 bits per heavy atom. The Kier molecular flexibility index (Phi) is 9.99. The number of nitrogens with one attached hydrogen (secondary N) is 1. The second-order valence-electron chi connectivity index (χ2n) is 12.5. The summed E-state index contributed by atoms with van der Waals surface area (Å²) in [6.07, 6.45) is 0.410. The summed E-state index contributed by atoms with van der Waals surface area (Å²) < 4.78 is 50.2. The molecule has 1 aromatic rings. The minimum absolute atomic E-state index is 0.111. The monoisotopic (exact) mass is 566 g/mol. The zero-order valence-electron chi connectivity index (χ0n) is 24.3. The van der Waals surface area contributed by atoms with Crippen molar-refractivity contribution in [1.82, 2.24) is 10.2 Å².